The summed E-state index contributed by atoms with van der Waals surface area (Å²) in [5, 5.41) is 9.45. The van der Waals surface area contributed by atoms with E-state index in [2.05, 4.69) is 16.0 Å². The van der Waals surface area contributed by atoms with Crippen molar-refractivity contribution in [2.45, 2.75) is 83.5 Å². The maximum Gasteiger partial charge on any atom is 0.243 e. The average molecular weight is 549 g/mol. The zero-order chi connectivity index (χ0) is 28.8. The number of nitrogens with one attached hydrogen (secondary N) is 3. The Labute approximate surface area is 238 Å². The summed E-state index contributed by atoms with van der Waals surface area (Å²) in [4.78, 5) is 42.0. The molecule has 0 bridgehead atoms. The van der Waals surface area contributed by atoms with Gasteiger partial charge in [0.2, 0.25) is 17.7 Å². The van der Waals surface area contributed by atoms with Crippen LogP contribution in [0.15, 0.2) is 48.5 Å². The number of carbonyl (C=O) groups is 3. The van der Waals surface area contributed by atoms with Crippen LogP contribution in [0.25, 0.3) is 0 Å². The molecule has 216 valence electrons. The van der Waals surface area contributed by atoms with Crippen molar-refractivity contribution in [2.75, 3.05) is 20.1 Å². The molecule has 0 aromatic heterocycles. The Morgan fingerprint density at radius 3 is 2.38 bits per heavy atom. The molecule has 1 aliphatic carbocycles. The molecule has 2 aromatic carbocycles. The van der Waals surface area contributed by atoms with Crippen LogP contribution in [0, 0.1) is 12.8 Å². The molecule has 0 saturated heterocycles. The van der Waals surface area contributed by atoms with Crippen molar-refractivity contribution in [1.82, 2.24) is 20.9 Å². The van der Waals surface area contributed by atoms with Crippen molar-refractivity contribution in [2.24, 2.45) is 5.92 Å². The van der Waals surface area contributed by atoms with Gasteiger partial charge in [-0.25, -0.2) is 0 Å². The molecular formula is C32H44N4O4. The van der Waals surface area contributed by atoms with Crippen LogP contribution < -0.4 is 20.7 Å². The zero-order valence-corrected chi connectivity index (χ0v) is 24.4. The van der Waals surface area contributed by atoms with Gasteiger partial charge in [0.25, 0.3) is 0 Å². The van der Waals surface area contributed by atoms with E-state index in [0.29, 0.717) is 13.1 Å². The number of likely N-dealkylation sites (N-methyl/N-ethyl adjacent to an activating group) is 1. The van der Waals surface area contributed by atoms with E-state index in [1.165, 1.54) is 4.90 Å². The molecule has 5 atom stereocenters. The summed E-state index contributed by atoms with van der Waals surface area (Å²) in [6, 6.07) is 14.1. The summed E-state index contributed by atoms with van der Waals surface area (Å²) in [7, 11) is 1.66. The highest BCUT2D eigenvalue weighted by molar-refractivity contribution is 5.93. The van der Waals surface area contributed by atoms with E-state index in [1.807, 2.05) is 69.3 Å². The molecule has 1 heterocycles. The molecular weight excluding hydrogens is 504 g/mol. The minimum Gasteiger partial charge on any atom is -0.489 e. The molecule has 8 nitrogen and oxygen atoms in total. The minimum atomic E-state index is -0.783. The predicted molar refractivity (Wildman–Crippen MR) is 156 cm³/mol. The van der Waals surface area contributed by atoms with Crippen molar-refractivity contribution in [3.8, 4) is 5.75 Å². The first kappa shape index (κ1) is 29.6. The third-order valence-corrected chi connectivity index (χ3v) is 8.20. The van der Waals surface area contributed by atoms with Crippen molar-refractivity contribution >= 4 is 17.7 Å². The van der Waals surface area contributed by atoms with Crippen LogP contribution in [0.1, 0.15) is 62.6 Å². The maximum absolute atomic E-state index is 13.6. The Morgan fingerprint density at radius 2 is 1.68 bits per heavy atom. The Balaban J connectivity index is 1.59. The largest absolute Gasteiger partial charge is 0.489 e. The summed E-state index contributed by atoms with van der Waals surface area (Å²) in [5.41, 5.74) is 3.16. The number of para-hydroxylation sites is 1. The number of ether oxygens (including phenoxy) is 1. The molecule has 4 rings (SSSR count). The topological polar surface area (TPSA) is 99.8 Å². The zero-order valence-electron chi connectivity index (χ0n) is 24.4. The fourth-order valence-electron chi connectivity index (χ4n) is 5.20. The van der Waals surface area contributed by atoms with E-state index in [4.69, 9.17) is 4.74 Å². The van der Waals surface area contributed by atoms with Gasteiger partial charge in [-0.1, -0.05) is 55.0 Å². The van der Waals surface area contributed by atoms with E-state index in [9.17, 15) is 14.4 Å². The fourth-order valence-corrected chi connectivity index (χ4v) is 5.20. The molecule has 0 radical (unpaired) electrons. The lowest BCUT2D eigenvalue weighted by Gasteiger charge is -2.32. The van der Waals surface area contributed by atoms with Crippen molar-refractivity contribution in [3.63, 3.8) is 0 Å². The van der Waals surface area contributed by atoms with E-state index >= 15 is 0 Å². The third kappa shape index (κ3) is 7.42. The molecule has 2 aromatic rings. The predicted octanol–water partition coefficient (Wildman–Crippen LogP) is 3.33. The smallest absolute Gasteiger partial charge is 0.243 e. The van der Waals surface area contributed by atoms with Gasteiger partial charge in [-0.2, -0.15) is 0 Å². The lowest BCUT2D eigenvalue weighted by molar-refractivity contribution is -0.141. The molecule has 3 amide bonds. The average Bonchev–Trinajstić information content (AvgIpc) is 3.78. The number of aryl methyl sites for hydroxylation is 2. The van der Waals surface area contributed by atoms with Crippen LogP contribution in [0.5, 0.6) is 5.75 Å². The number of nitrogens with zero attached hydrogens (tertiary/aromatic N) is 1. The SMILES string of the molecule is Cc1ccc(C(C)[C@H]2NC(=O)[C@@H](C)N(C)C(=O)[C@H](C3CC3)NC[C@@H](C)Oc3ccccc3CCCNC2=O)cc1. The van der Waals surface area contributed by atoms with Crippen LogP contribution in [0.3, 0.4) is 0 Å². The number of carbonyl (C=O) groups excluding carboxylic acids is 3. The second kappa shape index (κ2) is 13.3. The number of benzene rings is 2. The van der Waals surface area contributed by atoms with Gasteiger partial charge in [-0.05, 0) is 69.6 Å². The first-order valence-corrected chi connectivity index (χ1v) is 14.5. The molecule has 3 N–H and O–H groups in total. The first-order chi connectivity index (χ1) is 19.2. The van der Waals surface area contributed by atoms with Gasteiger partial charge in [-0.15, -0.1) is 0 Å². The summed E-state index contributed by atoms with van der Waals surface area (Å²) >= 11 is 0. The highest BCUT2D eigenvalue weighted by Gasteiger charge is 2.40. The number of rotatable bonds is 3. The normalized spacial score (nSPS) is 26.4. The summed E-state index contributed by atoms with van der Waals surface area (Å²) in [6.45, 7) is 8.65. The molecule has 1 unspecified atom stereocenters. The van der Waals surface area contributed by atoms with E-state index < -0.39 is 12.1 Å². The van der Waals surface area contributed by atoms with Crippen molar-refractivity contribution in [1.29, 1.82) is 0 Å². The van der Waals surface area contributed by atoms with Crippen LogP contribution in [0.2, 0.25) is 0 Å². The fraction of sp³-hybridized carbons (Fsp3) is 0.531. The van der Waals surface area contributed by atoms with Gasteiger partial charge >= 0.3 is 0 Å². The number of fused-ring (bicyclic) bond motifs is 1. The molecule has 2 aliphatic rings. The van der Waals surface area contributed by atoms with Crippen LogP contribution in [0.4, 0.5) is 0 Å². The second-order valence-corrected chi connectivity index (χ2v) is 11.5. The molecule has 0 spiro atoms. The van der Waals surface area contributed by atoms with Crippen molar-refractivity contribution in [3.05, 3.63) is 65.2 Å². The van der Waals surface area contributed by atoms with Gasteiger partial charge in [-0.3, -0.25) is 14.4 Å². The van der Waals surface area contributed by atoms with Crippen LogP contribution in [-0.2, 0) is 20.8 Å². The Morgan fingerprint density at radius 1 is 0.975 bits per heavy atom. The summed E-state index contributed by atoms with van der Waals surface area (Å²) in [6.07, 6.45) is 3.28. The summed E-state index contributed by atoms with van der Waals surface area (Å²) in [5.74, 6) is 0.0970. The lowest BCUT2D eigenvalue weighted by atomic mass is 9.91. The number of amides is 3. The Hall–Kier alpha value is -3.39. The monoisotopic (exact) mass is 548 g/mol. The van der Waals surface area contributed by atoms with E-state index in [1.54, 1.807) is 14.0 Å². The van der Waals surface area contributed by atoms with Crippen LogP contribution in [-0.4, -0.2) is 67.0 Å². The second-order valence-electron chi connectivity index (χ2n) is 11.5. The number of hydrogen-bond acceptors (Lipinski definition) is 5. The minimum absolute atomic E-state index is 0.119. The summed E-state index contributed by atoms with van der Waals surface area (Å²) < 4.78 is 6.28. The lowest BCUT2D eigenvalue weighted by Crippen LogP contribution is -2.57. The quantitative estimate of drug-likeness (QED) is 0.547. The number of hydrogen-bond donors (Lipinski definition) is 3. The maximum atomic E-state index is 13.6. The van der Waals surface area contributed by atoms with Gasteiger partial charge in [0, 0.05) is 26.1 Å². The van der Waals surface area contributed by atoms with Crippen molar-refractivity contribution < 1.29 is 19.1 Å². The highest BCUT2D eigenvalue weighted by Crippen LogP contribution is 2.34. The molecule has 1 saturated carbocycles. The van der Waals surface area contributed by atoms with Gasteiger partial charge in [0.1, 0.15) is 23.9 Å². The van der Waals surface area contributed by atoms with Crippen LogP contribution >= 0.6 is 0 Å². The van der Waals surface area contributed by atoms with Gasteiger partial charge in [0.15, 0.2) is 0 Å². The third-order valence-electron chi connectivity index (χ3n) is 8.20. The Kier molecular flexibility index (Phi) is 9.85. The molecule has 8 heteroatoms. The molecule has 1 fully saturated rings. The Bertz CT molecular complexity index is 1180. The van der Waals surface area contributed by atoms with Gasteiger partial charge in [0.05, 0.1) is 6.04 Å². The molecule has 1 aliphatic heterocycles. The molecule has 40 heavy (non-hydrogen) atoms. The van der Waals surface area contributed by atoms with E-state index in [-0.39, 0.29) is 41.7 Å². The standard InChI is InChI=1S/C32H44N4O4/c1-20-12-14-24(15-13-20)22(3)28-31(38)33-18-8-10-25-9-6-7-11-27(25)40-21(2)19-34-29(26-16-17-26)32(39)36(5)23(4)30(37)35-28/h6-7,9,11-15,21-23,26,28-29,34H,8,10,16-19H2,1-5H3,(H,33,38)(H,35,37)/t21-,22?,23-,28-,29+/m1/s1. The van der Waals surface area contributed by atoms with E-state index in [0.717, 1.165) is 48.1 Å². The first-order valence-electron chi connectivity index (χ1n) is 14.5. The van der Waals surface area contributed by atoms with Gasteiger partial charge < -0.3 is 25.6 Å². The highest BCUT2D eigenvalue weighted by atomic mass is 16.5.